The minimum Gasteiger partial charge on any atom is -0.361 e. The summed E-state index contributed by atoms with van der Waals surface area (Å²) in [6.45, 7) is 3.54. The van der Waals surface area contributed by atoms with Gasteiger partial charge in [-0.3, -0.25) is 9.69 Å². The maximum atomic E-state index is 13.3. The molecule has 1 aliphatic carbocycles. The van der Waals surface area contributed by atoms with Gasteiger partial charge in [-0.25, -0.2) is 4.98 Å². The Morgan fingerprint density at radius 1 is 1.18 bits per heavy atom. The molecule has 0 spiro atoms. The summed E-state index contributed by atoms with van der Waals surface area (Å²) >= 11 is 0. The number of fused-ring (bicyclic) bond motifs is 1. The molecule has 1 aliphatic heterocycles. The highest BCUT2D eigenvalue weighted by Crippen LogP contribution is 2.33. The van der Waals surface area contributed by atoms with Crippen molar-refractivity contribution in [3.63, 3.8) is 0 Å². The summed E-state index contributed by atoms with van der Waals surface area (Å²) in [5.74, 6) is 1.96. The van der Waals surface area contributed by atoms with Crippen molar-refractivity contribution < 1.29 is 4.79 Å². The zero-order valence-electron chi connectivity index (χ0n) is 19.7. The third-order valence-corrected chi connectivity index (χ3v) is 7.61. The number of nitrogens with zero attached hydrogens (tertiary/aromatic N) is 4. The van der Waals surface area contributed by atoms with Gasteiger partial charge < -0.3 is 9.88 Å². The molecule has 176 valence electrons. The summed E-state index contributed by atoms with van der Waals surface area (Å²) < 4.78 is 0. The Labute approximate surface area is 201 Å². The first-order valence-electron chi connectivity index (χ1n) is 12.7. The Bertz CT molecular complexity index is 1160. The number of benzene rings is 1. The molecule has 1 unspecified atom stereocenters. The molecule has 1 aromatic carbocycles. The van der Waals surface area contributed by atoms with Gasteiger partial charge in [0.15, 0.2) is 0 Å². The number of hydrogen-bond acceptors (Lipinski definition) is 4. The third kappa shape index (κ3) is 5.00. The van der Waals surface area contributed by atoms with Gasteiger partial charge in [0.2, 0.25) is 5.91 Å². The van der Waals surface area contributed by atoms with Crippen molar-refractivity contribution >= 4 is 22.6 Å². The van der Waals surface area contributed by atoms with Crippen molar-refractivity contribution in [3.05, 3.63) is 59.9 Å². The Morgan fingerprint density at radius 2 is 2.06 bits per heavy atom. The first-order chi connectivity index (χ1) is 16.7. The van der Waals surface area contributed by atoms with Gasteiger partial charge in [-0.05, 0) is 67.5 Å². The minimum absolute atomic E-state index is 0.214. The molecule has 6 heteroatoms. The predicted octanol–water partition coefficient (Wildman–Crippen LogP) is 5.23. The summed E-state index contributed by atoms with van der Waals surface area (Å²) in [5, 5.41) is 10.4. The number of nitriles is 1. The van der Waals surface area contributed by atoms with E-state index in [1.807, 2.05) is 35.2 Å². The maximum Gasteiger partial charge on any atom is 0.228 e. The third-order valence-electron chi connectivity index (χ3n) is 7.61. The molecule has 5 rings (SSSR count). The van der Waals surface area contributed by atoms with Crippen LogP contribution in [0.4, 0.5) is 5.82 Å². The average molecular weight is 456 g/mol. The number of pyridine rings is 1. The number of hydrogen-bond donors (Lipinski definition) is 1. The summed E-state index contributed by atoms with van der Waals surface area (Å²) in [4.78, 5) is 25.5. The van der Waals surface area contributed by atoms with Crippen molar-refractivity contribution in [2.45, 2.75) is 50.9 Å². The fourth-order valence-corrected chi connectivity index (χ4v) is 5.72. The van der Waals surface area contributed by atoms with E-state index in [4.69, 9.17) is 5.26 Å². The topological polar surface area (TPSA) is 76.0 Å². The average Bonchev–Trinajstić information content (AvgIpc) is 3.52. The second kappa shape index (κ2) is 10.4. The van der Waals surface area contributed by atoms with Crippen molar-refractivity contribution in [1.29, 1.82) is 5.26 Å². The second-order valence-electron chi connectivity index (χ2n) is 9.84. The Balaban J connectivity index is 1.23. The Kier molecular flexibility index (Phi) is 6.92. The zero-order valence-corrected chi connectivity index (χ0v) is 19.7. The van der Waals surface area contributed by atoms with Gasteiger partial charge in [0.1, 0.15) is 5.82 Å². The largest absolute Gasteiger partial charge is 0.361 e. The van der Waals surface area contributed by atoms with Crippen LogP contribution in [0.1, 0.15) is 62.0 Å². The number of carbonyl (C=O) groups excluding carboxylic acids is 1. The second-order valence-corrected chi connectivity index (χ2v) is 9.84. The molecule has 1 saturated heterocycles. The number of carbonyl (C=O) groups is 1. The smallest absolute Gasteiger partial charge is 0.228 e. The van der Waals surface area contributed by atoms with E-state index in [9.17, 15) is 4.79 Å². The van der Waals surface area contributed by atoms with Crippen LogP contribution in [0.2, 0.25) is 0 Å². The van der Waals surface area contributed by atoms with Crippen molar-refractivity contribution in [2.75, 3.05) is 31.1 Å². The maximum absolute atomic E-state index is 13.3. The van der Waals surface area contributed by atoms with Gasteiger partial charge in [0.25, 0.3) is 0 Å². The molecule has 2 aliphatic rings. The normalized spacial score (nSPS) is 19.3. The molecule has 1 amide bonds. The van der Waals surface area contributed by atoms with Crippen LogP contribution in [0.25, 0.3) is 10.9 Å². The lowest BCUT2D eigenvalue weighted by Gasteiger charge is -2.28. The lowest BCUT2D eigenvalue weighted by Crippen LogP contribution is -2.39. The molecule has 0 bridgehead atoms. The molecule has 6 nitrogen and oxygen atoms in total. The Morgan fingerprint density at radius 3 is 2.85 bits per heavy atom. The van der Waals surface area contributed by atoms with Crippen LogP contribution in [0.3, 0.4) is 0 Å². The molecule has 1 N–H and O–H groups in total. The number of aromatic nitrogens is 2. The van der Waals surface area contributed by atoms with E-state index in [0.717, 1.165) is 37.4 Å². The first-order valence-corrected chi connectivity index (χ1v) is 12.7. The summed E-state index contributed by atoms with van der Waals surface area (Å²) in [5.41, 5.74) is 3.04. The van der Waals surface area contributed by atoms with Crippen LogP contribution < -0.4 is 4.90 Å². The summed E-state index contributed by atoms with van der Waals surface area (Å²) in [7, 11) is 0. The number of amides is 1. The highest BCUT2D eigenvalue weighted by Gasteiger charge is 2.28. The molecule has 1 atom stereocenters. The van der Waals surface area contributed by atoms with Gasteiger partial charge in [-0.1, -0.05) is 31.4 Å². The van der Waals surface area contributed by atoms with Gasteiger partial charge in [0.05, 0.1) is 11.6 Å². The molecule has 0 radical (unpaired) electrons. The minimum atomic E-state index is 0.214. The molecule has 2 aromatic heterocycles. The van der Waals surface area contributed by atoms with Crippen molar-refractivity contribution in [3.8, 4) is 6.07 Å². The molecule has 34 heavy (non-hydrogen) atoms. The van der Waals surface area contributed by atoms with Crippen molar-refractivity contribution in [1.82, 2.24) is 14.9 Å². The van der Waals surface area contributed by atoms with E-state index in [0.29, 0.717) is 30.4 Å². The number of H-pyrrole nitrogens is 1. The van der Waals surface area contributed by atoms with Crippen LogP contribution in [0, 0.1) is 17.2 Å². The van der Waals surface area contributed by atoms with Crippen molar-refractivity contribution in [2.24, 2.45) is 5.92 Å². The van der Waals surface area contributed by atoms with E-state index in [-0.39, 0.29) is 5.91 Å². The summed E-state index contributed by atoms with van der Waals surface area (Å²) in [6, 6.07) is 13.9. The SMILES string of the molecule is N#Cc1ccc2c(C3CCN(CCN(C(=O)CC4CCCCC4)c4ccccn4)C3)c[nH]c2c1. The standard InChI is InChI=1S/C28H33N5O/c29-18-22-9-10-24-25(19-31-26(24)16-22)23-11-13-32(20-23)14-15-33(27-8-4-5-12-30-27)28(34)17-21-6-2-1-3-7-21/h4-5,8-10,12,16,19,21,23,31H,1-3,6-7,11,13-15,17,20H2. The lowest BCUT2D eigenvalue weighted by atomic mass is 9.86. The highest BCUT2D eigenvalue weighted by molar-refractivity contribution is 5.92. The fraction of sp³-hybridized carbons (Fsp3) is 0.464. The molecule has 1 saturated carbocycles. The first kappa shape index (κ1) is 22.6. The van der Waals surface area contributed by atoms with E-state index in [2.05, 4.69) is 33.2 Å². The van der Waals surface area contributed by atoms with Gasteiger partial charge in [0, 0.05) is 49.4 Å². The predicted molar refractivity (Wildman–Crippen MR) is 135 cm³/mol. The number of aromatic amines is 1. The van der Waals surface area contributed by atoms with E-state index < -0.39 is 0 Å². The summed E-state index contributed by atoms with van der Waals surface area (Å²) in [6.07, 6.45) is 11.8. The molecular formula is C28H33N5O. The number of likely N-dealkylation sites (tertiary alicyclic amines) is 1. The van der Waals surface area contributed by atoms with Crippen LogP contribution >= 0.6 is 0 Å². The monoisotopic (exact) mass is 455 g/mol. The molecule has 3 aromatic rings. The van der Waals surface area contributed by atoms with Crippen LogP contribution in [-0.4, -0.2) is 47.0 Å². The van der Waals surface area contributed by atoms with Crippen LogP contribution in [0.15, 0.2) is 48.8 Å². The highest BCUT2D eigenvalue weighted by atomic mass is 16.2. The molecule has 3 heterocycles. The fourth-order valence-electron chi connectivity index (χ4n) is 5.72. The lowest BCUT2D eigenvalue weighted by molar-refractivity contribution is -0.119. The number of rotatable bonds is 7. The number of anilines is 1. The van der Waals surface area contributed by atoms with Gasteiger partial charge >= 0.3 is 0 Å². The molecule has 2 fully saturated rings. The van der Waals surface area contributed by atoms with E-state index in [1.165, 1.54) is 43.1 Å². The Hall–Kier alpha value is -3.17. The molecular weight excluding hydrogens is 422 g/mol. The van der Waals surface area contributed by atoms with E-state index in [1.54, 1.807) is 6.20 Å². The van der Waals surface area contributed by atoms with Gasteiger partial charge in [-0.15, -0.1) is 0 Å². The number of nitrogens with one attached hydrogen (secondary N) is 1. The van der Waals surface area contributed by atoms with Crippen LogP contribution in [0.5, 0.6) is 0 Å². The van der Waals surface area contributed by atoms with E-state index >= 15 is 0 Å². The zero-order chi connectivity index (χ0) is 23.3. The quantitative estimate of drug-likeness (QED) is 0.529. The van der Waals surface area contributed by atoms with Crippen LogP contribution in [-0.2, 0) is 4.79 Å². The van der Waals surface area contributed by atoms with Gasteiger partial charge in [-0.2, -0.15) is 5.26 Å².